The van der Waals surface area contributed by atoms with Crippen molar-refractivity contribution in [2.45, 2.75) is 53.2 Å². The van der Waals surface area contributed by atoms with Crippen molar-refractivity contribution in [2.24, 2.45) is 5.92 Å². The predicted molar refractivity (Wildman–Crippen MR) is 79.2 cm³/mol. The third kappa shape index (κ3) is 4.52. The highest BCUT2D eigenvalue weighted by atomic mass is 16.3. The van der Waals surface area contributed by atoms with E-state index in [4.69, 9.17) is 5.73 Å². The zero-order valence-corrected chi connectivity index (χ0v) is 13.0. The summed E-state index contributed by atoms with van der Waals surface area (Å²) in [4.78, 5) is 11.9. The Bertz CT molecular complexity index is 478. The number of aromatic nitrogens is 2. The fraction of sp³-hybridized carbons (Fsp3) is 0.714. The number of aryl methyl sites for hydroxylation is 1. The van der Waals surface area contributed by atoms with Crippen LogP contribution >= 0.6 is 0 Å². The van der Waals surface area contributed by atoms with Gasteiger partial charge in [-0.25, -0.2) is 0 Å². The number of nitrogens with zero attached hydrogens (tertiary/aromatic N) is 2. The molecule has 1 rings (SSSR count). The second kappa shape index (κ2) is 6.26. The van der Waals surface area contributed by atoms with Crippen LogP contribution in [0.1, 0.15) is 38.6 Å². The number of nitrogens with one attached hydrogen (secondary N) is 1. The molecule has 1 atom stereocenters. The van der Waals surface area contributed by atoms with Crippen LogP contribution in [0.5, 0.6) is 0 Å². The van der Waals surface area contributed by atoms with E-state index >= 15 is 0 Å². The zero-order valence-electron chi connectivity index (χ0n) is 13.0. The molecule has 0 radical (unpaired) electrons. The Balaban J connectivity index is 2.54. The molecule has 1 heterocycles. The van der Waals surface area contributed by atoms with Crippen molar-refractivity contribution in [1.29, 1.82) is 0 Å². The number of carbonyl (C=O) groups is 1. The third-order valence-electron chi connectivity index (χ3n) is 3.25. The molecule has 0 saturated heterocycles. The second-order valence-electron chi connectivity index (χ2n) is 6.11. The van der Waals surface area contributed by atoms with Crippen LogP contribution in [0.2, 0.25) is 0 Å². The summed E-state index contributed by atoms with van der Waals surface area (Å²) in [7, 11) is 0. The van der Waals surface area contributed by atoms with E-state index in [2.05, 4.69) is 10.4 Å². The van der Waals surface area contributed by atoms with Gasteiger partial charge in [0.2, 0.25) is 5.91 Å². The van der Waals surface area contributed by atoms with E-state index in [1.54, 1.807) is 11.6 Å². The molecule has 0 aliphatic carbocycles. The first-order chi connectivity index (χ1) is 9.12. The summed E-state index contributed by atoms with van der Waals surface area (Å²) in [5, 5.41) is 17.1. The van der Waals surface area contributed by atoms with E-state index < -0.39 is 5.60 Å². The zero-order chi connectivity index (χ0) is 15.5. The average molecular weight is 282 g/mol. The van der Waals surface area contributed by atoms with E-state index in [1.165, 1.54) is 0 Å². The van der Waals surface area contributed by atoms with Crippen molar-refractivity contribution < 1.29 is 9.90 Å². The summed E-state index contributed by atoms with van der Waals surface area (Å²) in [6, 6.07) is 0. The molecule has 0 aliphatic rings. The molecule has 0 saturated carbocycles. The summed E-state index contributed by atoms with van der Waals surface area (Å²) < 4.78 is 1.58. The van der Waals surface area contributed by atoms with E-state index in [9.17, 15) is 9.90 Å². The van der Waals surface area contributed by atoms with E-state index in [0.29, 0.717) is 18.0 Å². The topological polar surface area (TPSA) is 93.2 Å². The number of hydrogen-bond acceptors (Lipinski definition) is 4. The fourth-order valence-electron chi connectivity index (χ4n) is 2.30. The molecule has 0 bridgehead atoms. The van der Waals surface area contributed by atoms with Gasteiger partial charge in [0.1, 0.15) is 6.54 Å². The summed E-state index contributed by atoms with van der Waals surface area (Å²) >= 11 is 0. The maximum atomic E-state index is 11.9. The average Bonchev–Trinajstić information content (AvgIpc) is 2.53. The largest absolute Gasteiger partial charge is 0.396 e. The number of rotatable bonds is 6. The normalized spacial score (nSPS) is 14.3. The molecule has 1 unspecified atom stereocenters. The van der Waals surface area contributed by atoms with Crippen LogP contribution in [0.3, 0.4) is 0 Å². The molecule has 0 fully saturated rings. The highest BCUT2D eigenvalue weighted by molar-refractivity contribution is 5.76. The highest BCUT2D eigenvalue weighted by Crippen LogP contribution is 2.16. The SMILES string of the molecule is Cc1nn(CC(=O)NCC(C)(O)CC(C)C)c(C)c1N. The van der Waals surface area contributed by atoms with Crippen LogP contribution in [-0.4, -0.2) is 32.9 Å². The Morgan fingerprint density at radius 3 is 2.55 bits per heavy atom. The molecule has 0 aromatic carbocycles. The Morgan fingerprint density at radius 2 is 2.10 bits per heavy atom. The van der Waals surface area contributed by atoms with Gasteiger partial charge in [0, 0.05) is 6.54 Å². The molecule has 20 heavy (non-hydrogen) atoms. The number of aliphatic hydroxyl groups is 1. The van der Waals surface area contributed by atoms with Gasteiger partial charge in [0.25, 0.3) is 0 Å². The first-order valence-corrected chi connectivity index (χ1v) is 6.91. The molecular weight excluding hydrogens is 256 g/mol. The Morgan fingerprint density at radius 1 is 1.50 bits per heavy atom. The number of carbonyl (C=O) groups excluding carboxylic acids is 1. The van der Waals surface area contributed by atoms with Crippen LogP contribution in [-0.2, 0) is 11.3 Å². The smallest absolute Gasteiger partial charge is 0.241 e. The minimum Gasteiger partial charge on any atom is -0.396 e. The van der Waals surface area contributed by atoms with Gasteiger partial charge in [-0.05, 0) is 33.1 Å². The molecule has 6 heteroatoms. The molecule has 1 aromatic rings. The third-order valence-corrected chi connectivity index (χ3v) is 3.25. The standard InChI is InChI=1S/C14H26N4O2/c1-9(2)6-14(5,20)8-16-12(19)7-18-11(4)13(15)10(3)17-18/h9,20H,6-8,15H2,1-5H3,(H,16,19). The summed E-state index contributed by atoms with van der Waals surface area (Å²) in [5.74, 6) is 0.192. The lowest BCUT2D eigenvalue weighted by atomic mass is 9.94. The van der Waals surface area contributed by atoms with Gasteiger partial charge in [-0.1, -0.05) is 13.8 Å². The van der Waals surface area contributed by atoms with Crippen LogP contribution in [0.25, 0.3) is 0 Å². The maximum Gasteiger partial charge on any atom is 0.241 e. The number of hydrogen-bond donors (Lipinski definition) is 3. The van der Waals surface area contributed by atoms with Crippen molar-refractivity contribution in [3.05, 3.63) is 11.4 Å². The Labute approximate surface area is 120 Å². The highest BCUT2D eigenvalue weighted by Gasteiger charge is 2.22. The van der Waals surface area contributed by atoms with Gasteiger partial charge < -0.3 is 16.2 Å². The van der Waals surface area contributed by atoms with Crippen molar-refractivity contribution in [3.8, 4) is 0 Å². The molecule has 1 aromatic heterocycles. The van der Waals surface area contributed by atoms with Crippen molar-refractivity contribution in [3.63, 3.8) is 0 Å². The van der Waals surface area contributed by atoms with Crippen molar-refractivity contribution >= 4 is 11.6 Å². The van der Waals surface area contributed by atoms with Crippen LogP contribution < -0.4 is 11.1 Å². The van der Waals surface area contributed by atoms with Gasteiger partial charge in [-0.15, -0.1) is 0 Å². The lowest BCUT2D eigenvalue weighted by molar-refractivity contribution is -0.123. The van der Waals surface area contributed by atoms with Crippen LogP contribution in [0.4, 0.5) is 5.69 Å². The molecule has 4 N–H and O–H groups in total. The molecule has 0 spiro atoms. The molecule has 6 nitrogen and oxygen atoms in total. The molecular formula is C14H26N4O2. The molecule has 0 aliphatic heterocycles. The van der Waals surface area contributed by atoms with Crippen molar-refractivity contribution in [1.82, 2.24) is 15.1 Å². The monoisotopic (exact) mass is 282 g/mol. The summed E-state index contributed by atoms with van der Waals surface area (Å²) in [6.45, 7) is 9.79. The fourth-order valence-corrected chi connectivity index (χ4v) is 2.30. The van der Waals surface area contributed by atoms with E-state index in [1.807, 2.05) is 27.7 Å². The molecule has 114 valence electrons. The second-order valence-corrected chi connectivity index (χ2v) is 6.11. The number of nitrogens with two attached hydrogens (primary N) is 1. The van der Waals surface area contributed by atoms with Gasteiger partial charge in [-0.2, -0.15) is 5.10 Å². The minimum absolute atomic E-state index is 0.113. The van der Waals surface area contributed by atoms with Gasteiger partial charge in [0.15, 0.2) is 0 Å². The maximum absolute atomic E-state index is 11.9. The van der Waals surface area contributed by atoms with Crippen LogP contribution in [0, 0.1) is 19.8 Å². The first kappa shape index (κ1) is 16.5. The minimum atomic E-state index is -0.891. The first-order valence-electron chi connectivity index (χ1n) is 6.91. The number of nitrogen functional groups attached to an aromatic ring is 1. The lowest BCUT2D eigenvalue weighted by Crippen LogP contribution is -2.42. The predicted octanol–water partition coefficient (Wildman–Crippen LogP) is 0.995. The van der Waals surface area contributed by atoms with E-state index in [-0.39, 0.29) is 19.0 Å². The molecule has 1 amide bonds. The number of amides is 1. The number of anilines is 1. The summed E-state index contributed by atoms with van der Waals surface area (Å²) in [6.07, 6.45) is 0.639. The lowest BCUT2D eigenvalue weighted by Gasteiger charge is -2.25. The van der Waals surface area contributed by atoms with Crippen LogP contribution in [0.15, 0.2) is 0 Å². The summed E-state index contributed by atoms with van der Waals surface area (Å²) in [5.41, 5.74) is 7.05. The van der Waals surface area contributed by atoms with Gasteiger partial charge >= 0.3 is 0 Å². The van der Waals surface area contributed by atoms with E-state index in [0.717, 1.165) is 11.4 Å². The Hall–Kier alpha value is -1.56. The van der Waals surface area contributed by atoms with Crippen molar-refractivity contribution in [2.75, 3.05) is 12.3 Å². The Kier molecular flexibility index (Phi) is 5.16. The van der Waals surface area contributed by atoms with Gasteiger partial charge in [0.05, 0.1) is 22.7 Å². The quantitative estimate of drug-likeness (QED) is 0.725. The van der Waals surface area contributed by atoms with Gasteiger partial charge in [-0.3, -0.25) is 9.48 Å².